The van der Waals surface area contributed by atoms with Crippen molar-refractivity contribution in [1.29, 1.82) is 0 Å². The van der Waals surface area contributed by atoms with Crippen LogP contribution in [0.25, 0.3) is 0 Å². The number of amides is 1. The van der Waals surface area contributed by atoms with Gasteiger partial charge in [0.05, 0.1) is 0 Å². The highest BCUT2D eigenvalue weighted by Gasteiger charge is 2.68. The molecule has 0 spiro atoms. The van der Waals surface area contributed by atoms with E-state index in [2.05, 4.69) is 5.32 Å². The second-order valence-electron chi connectivity index (χ2n) is 6.39. The molecule has 1 amide bonds. The second-order valence-corrected chi connectivity index (χ2v) is 6.39. The third-order valence-electron chi connectivity index (χ3n) is 5.56. The van der Waals surface area contributed by atoms with E-state index in [-0.39, 0.29) is 11.8 Å². The molecule has 0 aromatic heterocycles. The highest BCUT2D eigenvalue weighted by atomic mass is 16.4. The van der Waals surface area contributed by atoms with Gasteiger partial charge in [0, 0.05) is 5.92 Å². The molecule has 4 fully saturated rings. The molecule has 0 saturated heterocycles. The molecular weight excluding hydrogens is 218 g/mol. The summed E-state index contributed by atoms with van der Waals surface area (Å²) < 4.78 is 0. The van der Waals surface area contributed by atoms with Crippen LogP contribution in [0.5, 0.6) is 0 Å². The van der Waals surface area contributed by atoms with Crippen molar-refractivity contribution in [2.45, 2.75) is 37.6 Å². The molecule has 0 aliphatic heterocycles. The van der Waals surface area contributed by atoms with Crippen LogP contribution in [0, 0.1) is 29.6 Å². The highest BCUT2D eigenvalue weighted by Crippen LogP contribution is 2.69. The highest BCUT2D eigenvalue weighted by molar-refractivity contribution is 5.92. The molecule has 0 heterocycles. The van der Waals surface area contributed by atoms with E-state index >= 15 is 0 Å². The number of nitrogens with one attached hydrogen (secondary N) is 1. The zero-order valence-corrected chi connectivity index (χ0v) is 9.69. The van der Waals surface area contributed by atoms with Crippen LogP contribution < -0.4 is 5.32 Å². The fourth-order valence-electron chi connectivity index (χ4n) is 4.51. The summed E-state index contributed by atoms with van der Waals surface area (Å²) in [7, 11) is 0. The summed E-state index contributed by atoms with van der Waals surface area (Å²) in [6.45, 7) is 0. The first-order valence-electron chi connectivity index (χ1n) is 6.68. The summed E-state index contributed by atoms with van der Waals surface area (Å²) in [5, 5.41) is 11.8. The Balaban J connectivity index is 1.45. The van der Waals surface area contributed by atoms with Crippen molar-refractivity contribution in [3.8, 4) is 0 Å². The molecule has 0 aromatic carbocycles. The van der Waals surface area contributed by atoms with Crippen molar-refractivity contribution in [3.63, 3.8) is 0 Å². The topological polar surface area (TPSA) is 66.4 Å². The number of carbonyl (C=O) groups excluding carboxylic acids is 1. The molecule has 4 saturated carbocycles. The molecule has 4 nitrogen and oxygen atoms in total. The third-order valence-corrected chi connectivity index (χ3v) is 5.56. The first-order valence-corrected chi connectivity index (χ1v) is 6.68. The molecule has 4 aliphatic carbocycles. The smallest absolute Gasteiger partial charge is 0.329 e. The molecule has 0 radical (unpaired) electrons. The Morgan fingerprint density at radius 1 is 1.12 bits per heavy atom. The average Bonchev–Trinajstić information content (AvgIpc) is 3.16. The molecule has 4 aliphatic rings. The minimum atomic E-state index is -0.896. The van der Waals surface area contributed by atoms with E-state index < -0.39 is 11.5 Å². The summed E-state index contributed by atoms with van der Waals surface area (Å²) in [4.78, 5) is 23.2. The van der Waals surface area contributed by atoms with Crippen LogP contribution in [0.1, 0.15) is 32.1 Å². The number of hydrogen-bond donors (Lipinski definition) is 2. The molecular formula is C13H17NO3. The van der Waals surface area contributed by atoms with Gasteiger partial charge in [0.1, 0.15) is 5.54 Å². The van der Waals surface area contributed by atoms with Crippen LogP contribution in [0.15, 0.2) is 0 Å². The van der Waals surface area contributed by atoms with Crippen LogP contribution in [0.2, 0.25) is 0 Å². The lowest BCUT2D eigenvalue weighted by atomic mass is 10.0. The zero-order valence-electron chi connectivity index (χ0n) is 9.69. The molecule has 17 heavy (non-hydrogen) atoms. The fraction of sp³-hybridized carbons (Fsp3) is 0.846. The van der Waals surface area contributed by atoms with E-state index in [0.29, 0.717) is 24.7 Å². The van der Waals surface area contributed by atoms with Crippen molar-refractivity contribution in [2.75, 3.05) is 0 Å². The lowest BCUT2D eigenvalue weighted by Crippen LogP contribution is -2.44. The van der Waals surface area contributed by atoms with Gasteiger partial charge in [-0.1, -0.05) is 0 Å². The van der Waals surface area contributed by atoms with Gasteiger partial charge in [0.15, 0.2) is 0 Å². The Labute approximate surface area is 99.8 Å². The van der Waals surface area contributed by atoms with E-state index in [1.807, 2.05) is 0 Å². The van der Waals surface area contributed by atoms with Gasteiger partial charge in [0.25, 0.3) is 0 Å². The summed E-state index contributed by atoms with van der Waals surface area (Å²) >= 11 is 0. The van der Waals surface area contributed by atoms with Crippen molar-refractivity contribution in [3.05, 3.63) is 0 Å². The second kappa shape index (κ2) is 2.85. The zero-order chi connectivity index (χ0) is 11.8. The van der Waals surface area contributed by atoms with Crippen LogP contribution >= 0.6 is 0 Å². The summed E-state index contributed by atoms with van der Waals surface area (Å²) in [6.07, 6.45) is 5.11. The standard InChI is InChI=1S/C13H17NO3/c15-11(14-13(3-4-13)12(16)17)10-8-6-1-2-7(5-6)9(8)10/h6-10H,1-5H2,(H,14,15)(H,16,17). The van der Waals surface area contributed by atoms with Gasteiger partial charge in [-0.3, -0.25) is 4.79 Å². The van der Waals surface area contributed by atoms with Gasteiger partial charge in [-0.2, -0.15) is 0 Å². The Bertz CT molecular complexity index is 399. The summed E-state index contributed by atoms with van der Waals surface area (Å²) in [5.74, 6) is 2.03. The quantitative estimate of drug-likeness (QED) is 0.767. The number of rotatable bonds is 3. The monoisotopic (exact) mass is 235 g/mol. The van der Waals surface area contributed by atoms with Gasteiger partial charge in [-0.15, -0.1) is 0 Å². The number of carbonyl (C=O) groups is 2. The van der Waals surface area contributed by atoms with Crippen LogP contribution in [0.3, 0.4) is 0 Å². The van der Waals surface area contributed by atoms with E-state index in [1.165, 1.54) is 19.3 Å². The number of aliphatic carboxylic acids is 1. The Morgan fingerprint density at radius 3 is 2.18 bits per heavy atom. The van der Waals surface area contributed by atoms with Gasteiger partial charge >= 0.3 is 5.97 Å². The van der Waals surface area contributed by atoms with Crippen molar-refractivity contribution >= 4 is 11.9 Å². The number of hydrogen-bond acceptors (Lipinski definition) is 2. The van der Waals surface area contributed by atoms with Gasteiger partial charge in [-0.25, -0.2) is 4.79 Å². The largest absolute Gasteiger partial charge is 0.480 e. The average molecular weight is 235 g/mol. The summed E-state index contributed by atoms with van der Waals surface area (Å²) in [5.41, 5.74) is -0.896. The Kier molecular flexibility index (Phi) is 1.66. The van der Waals surface area contributed by atoms with Crippen molar-refractivity contribution in [1.82, 2.24) is 5.32 Å². The van der Waals surface area contributed by atoms with Crippen molar-refractivity contribution in [2.24, 2.45) is 29.6 Å². The minimum absolute atomic E-state index is 0.0245. The molecule has 2 N–H and O–H groups in total. The Hall–Kier alpha value is -1.06. The van der Waals surface area contributed by atoms with Gasteiger partial charge < -0.3 is 10.4 Å². The third kappa shape index (κ3) is 1.19. The lowest BCUT2D eigenvalue weighted by molar-refractivity contribution is -0.143. The lowest BCUT2D eigenvalue weighted by Gasteiger charge is -2.14. The predicted octanol–water partition coefficient (Wildman–Crippen LogP) is 1.01. The van der Waals surface area contributed by atoms with Crippen molar-refractivity contribution < 1.29 is 14.7 Å². The van der Waals surface area contributed by atoms with Crippen LogP contribution in [0.4, 0.5) is 0 Å². The molecule has 2 bridgehead atoms. The minimum Gasteiger partial charge on any atom is -0.480 e. The van der Waals surface area contributed by atoms with E-state index in [1.54, 1.807) is 0 Å². The molecule has 4 unspecified atom stereocenters. The molecule has 0 aromatic rings. The van der Waals surface area contributed by atoms with E-state index in [0.717, 1.165) is 11.8 Å². The first kappa shape index (κ1) is 9.92. The van der Waals surface area contributed by atoms with Gasteiger partial charge in [-0.05, 0) is 55.8 Å². The molecule has 4 atom stereocenters. The normalized spacial score (nSPS) is 47.4. The maximum absolute atomic E-state index is 12.1. The van der Waals surface area contributed by atoms with Crippen LogP contribution in [-0.4, -0.2) is 22.5 Å². The number of fused-ring (bicyclic) bond motifs is 5. The Morgan fingerprint density at radius 2 is 1.71 bits per heavy atom. The fourth-order valence-corrected chi connectivity index (χ4v) is 4.51. The SMILES string of the molecule is O=C(NC1(C(=O)O)CC1)C1C2C3CCC(C3)C12. The molecule has 92 valence electrons. The molecule has 4 rings (SSSR count). The van der Waals surface area contributed by atoms with E-state index in [4.69, 9.17) is 5.11 Å². The first-order chi connectivity index (χ1) is 8.12. The maximum atomic E-state index is 12.1. The van der Waals surface area contributed by atoms with Crippen LogP contribution in [-0.2, 0) is 9.59 Å². The molecule has 4 heteroatoms. The maximum Gasteiger partial charge on any atom is 0.329 e. The van der Waals surface area contributed by atoms with E-state index in [9.17, 15) is 9.59 Å². The number of carboxylic acid groups (broad SMARTS) is 1. The predicted molar refractivity (Wildman–Crippen MR) is 59.0 cm³/mol. The number of carboxylic acids is 1. The summed E-state index contributed by atoms with van der Waals surface area (Å²) in [6, 6.07) is 0. The van der Waals surface area contributed by atoms with Gasteiger partial charge in [0.2, 0.25) is 5.91 Å².